The van der Waals surface area contributed by atoms with Crippen molar-refractivity contribution in [1.29, 1.82) is 0 Å². The standard InChI is InChI=1S/C12H18ClNOS/c1-9(6-7-14)2-3-10(15)8-11-4-5-12(13)16-11/h4-5,9H,2-3,6-8,14H2,1H3. The fourth-order valence-electron chi connectivity index (χ4n) is 1.57. The number of nitrogens with two attached hydrogens (primary N) is 1. The van der Waals surface area contributed by atoms with Crippen LogP contribution < -0.4 is 5.73 Å². The van der Waals surface area contributed by atoms with Crippen molar-refractivity contribution in [1.82, 2.24) is 0 Å². The fourth-order valence-corrected chi connectivity index (χ4v) is 2.68. The molecule has 1 unspecified atom stereocenters. The molecule has 0 amide bonds. The minimum Gasteiger partial charge on any atom is -0.330 e. The van der Waals surface area contributed by atoms with Crippen molar-refractivity contribution in [2.24, 2.45) is 11.7 Å². The predicted octanol–water partition coefficient (Wildman–Crippen LogP) is 3.28. The van der Waals surface area contributed by atoms with Gasteiger partial charge in [0.25, 0.3) is 0 Å². The summed E-state index contributed by atoms with van der Waals surface area (Å²) in [5.74, 6) is 0.836. The number of ketones is 1. The average Bonchev–Trinajstić information content (AvgIpc) is 2.61. The normalized spacial score (nSPS) is 12.7. The van der Waals surface area contributed by atoms with Crippen LogP contribution in [-0.2, 0) is 11.2 Å². The van der Waals surface area contributed by atoms with Gasteiger partial charge in [0.15, 0.2) is 0 Å². The third-order valence-electron chi connectivity index (χ3n) is 2.58. The molecule has 1 rings (SSSR count). The number of hydrogen-bond acceptors (Lipinski definition) is 3. The first kappa shape index (κ1) is 13.7. The van der Waals surface area contributed by atoms with Crippen LogP contribution in [0.25, 0.3) is 0 Å². The molecule has 0 spiro atoms. The van der Waals surface area contributed by atoms with Crippen LogP contribution in [0.2, 0.25) is 4.34 Å². The van der Waals surface area contributed by atoms with Crippen LogP contribution in [0.3, 0.4) is 0 Å². The molecule has 2 nitrogen and oxygen atoms in total. The monoisotopic (exact) mass is 259 g/mol. The Kier molecular flexibility index (Phi) is 6.03. The van der Waals surface area contributed by atoms with Crippen LogP contribution in [0, 0.1) is 5.92 Å². The van der Waals surface area contributed by atoms with E-state index in [0.29, 0.717) is 31.1 Å². The van der Waals surface area contributed by atoms with Gasteiger partial charge < -0.3 is 5.73 Å². The van der Waals surface area contributed by atoms with Crippen LogP contribution in [-0.4, -0.2) is 12.3 Å². The van der Waals surface area contributed by atoms with E-state index in [1.54, 1.807) is 0 Å². The lowest BCUT2D eigenvalue weighted by atomic mass is 9.99. The topological polar surface area (TPSA) is 43.1 Å². The van der Waals surface area contributed by atoms with E-state index in [-0.39, 0.29) is 0 Å². The number of thiophene rings is 1. The van der Waals surface area contributed by atoms with Crippen LogP contribution in [0.5, 0.6) is 0 Å². The van der Waals surface area contributed by atoms with Crippen LogP contribution in [0.4, 0.5) is 0 Å². The maximum absolute atomic E-state index is 11.7. The first-order valence-corrected chi connectivity index (χ1v) is 6.77. The van der Waals surface area contributed by atoms with Gasteiger partial charge in [0.2, 0.25) is 0 Å². The van der Waals surface area contributed by atoms with Gasteiger partial charge >= 0.3 is 0 Å². The summed E-state index contributed by atoms with van der Waals surface area (Å²) in [7, 11) is 0. The second kappa shape index (κ2) is 7.05. The fraction of sp³-hybridized carbons (Fsp3) is 0.583. The predicted molar refractivity (Wildman–Crippen MR) is 70.1 cm³/mol. The Bertz CT molecular complexity index is 338. The lowest BCUT2D eigenvalue weighted by Crippen LogP contribution is -2.09. The Hall–Kier alpha value is -0.380. The summed E-state index contributed by atoms with van der Waals surface area (Å²) in [5.41, 5.74) is 5.46. The molecule has 4 heteroatoms. The number of carbonyl (C=O) groups excluding carboxylic acids is 1. The highest BCUT2D eigenvalue weighted by atomic mass is 35.5. The van der Waals surface area contributed by atoms with Crippen LogP contribution in [0.1, 0.15) is 31.1 Å². The van der Waals surface area contributed by atoms with E-state index in [0.717, 1.165) is 22.1 Å². The second-order valence-electron chi connectivity index (χ2n) is 4.14. The van der Waals surface area contributed by atoms with Gasteiger partial charge in [-0.2, -0.15) is 0 Å². The Balaban J connectivity index is 2.26. The van der Waals surface area contributed by atoms with E-state index in [9.17, 15) is 4.79 Å². The zero-order valence-corrected chi connectivity index (χ0v) is 11.1. The summed E-state index contributed by atoms with van der Waals surface area (Å²) in [6.07, 6.45) is 3.11. The van der Waals surface area contributed by atoms with E-state index < -0.39 is 0 Å². The van der Waals surface area contributed by atoms with E-state index in [2.05, 4.69) is 6.92 Å². The van der Waals surface area contributed by atoms with Gasteiger partial charge in [-0.3, -0.25) is 4.79 Å². The number of hydrogen-bond donors (Lipinski definition) is 1. The quantitative estimate of drug-likeness (QED) is 0.817. The summed E-state index contributed by atoms with van der Waals surface area (Å²) in [6.45, 7) is 2.85. The molecule has 0 bridgehead atoms. The highest BCUT2D eigenvalue weighted by Crippen LogP contribution is 2.22. The largest absolute Gasteiger partial charge is 0.330 e. The Morgan fingerprint density at radius 2 is 2.25 bits per heavy atom. The first-order valence-electron chi connectivity index (χ1n) is 5.57. The molecule has 0 aromatic carbocycles. The Morgan fingerprint density at radius 3 is 2.81 bits per heavy atom. The van der Waals surface area contributed by atoms with Gasteiger partial charge in [0.1, 0.15) is 5.78 Å². The van der Waals surface area contributed by atoms with E-state index in [1.165, 1.54) is 11.3 Å². The van der Waals surface area contributed by atoms with Gasteiger partial charge in [0, 0.05) is 17.7 Å². The first-order chi connectivity index (χ1) is 7.61. The highest BCUT2D eigenvalue weighted by molar-refractivity contribution is 7.16. The molecule has 0 aliphatic rings. The van der Waals surface area contributed by atoms with Crippen molar-refractivity contribution in [3.8, 4) is 0 Å². The number of carbonyl (C=O) groups is 1. The van der Waals surface area contributed by atoms with Crippen LogP contribution >= 0.6 is 22.9 Å². The van der Waals surface area contributed by atoms with E-state index >= 15 is 0 Å². The number of rotatable bonds is 7. The van der Waals surface area contributed by atoms with Crippen molar-refractivity contribution < 1.29 is 4.79 Å². The molecule has 16 heavy (non-hydrogen) atoms. The molecule has 0 fully saturated rings. The number of halogens is 1. The van der Waals surface area contributed by atoms with Gasteiger partial charge in [-0.25, -0.2) is 0 Å². The molecule has 2 N–H and O–H groups in total. The third kappa shape index (κ3) is 5.10. The molecule has 0 aliphatic heterocycles. The molecule has 1 heterocycles. The average molecular weight is 260 g/mol. The maximum Gasteiger partial charge on any atom is 0.138 e. The van der Waals surface area contributed by atoms with Crippen molar-refractivity contribution in [3.05, 3.63) is 21.3 Å². The highest BCUT2D eigenvalue weighted by Gasteiger charge is 2.08. The van der Waals surface area contributed by atoms with Gasteiger partial charge in [-0.1, -0.05) is 18.5 Å². The molecule has 0 radical (unpaired) electrons. The van der Waals surface area contributed by atoms with Crippen molar-refractivity contribution in [2.75, 3.05) is 6.54 Å². The molecule has 0 aliphatic carbocycles. The SMILES string of the molecule is CC(CCN)CCC(=O)Cc1ccc(Cl)s1. The van der Waals surface area contributed by atoms with E-state index in [4.69, 9.17) is 17.3 Å². The van der Waals surface area contributed by atoms with Gasteiger partial charge in [-0.05, 0) is 37.4 Å². The second-order valence-corrected chi connectivity index (χ2v) is 5.94. The third-order valence-corrected chi connectivity index (χ3v) is 3.81. The molecular weight excluding hydrogens is 242 g/mol. The molecule has 1 atom stereocenters. The molecule has 0 saturated carbocycles. The van der Waals surface area contributed by atoms with Crippen molar-refractivity contribution in [3.63, 3.8) is 0 Å². The molecule has 1 aromatic heterocycles. The van der Waals surface area contributed by atoms with Gasteiger partial charge in [-0.15, -0.1) is 11.3 Å². The summed E-state index contributed by atoms with van der Waals surface area (Å²) in [4.78, 5) is 12.7. The lowest BCUT2D eigenvalue weighted by Gasteiger charge is -2.08. The molecular formula is C12H18ClNOS. The van der Waals surface area contributed by atoms with E-state index in [1.807, 2.05) is 12.1 Å². The summed E-state index contributed by atoms with van der Waals surface area (Å²) < 4.78 is 0.749. The lowest BCUT2D eigenvalue weighted by molar-refractivity contribution is -0.118. The van der Waals surface area contributed by atoms with Crippen molar-refractivity contribution in [2.45, 2.75) is 32.6 Å². The maximum atomic E-state index is 11.7. The van der Waals surface area contributed by atoms with Crippen molar-refractivity contribution >= 4 is 28.7 Å². The Labute approximate surface area is 106 Å². The van der Waals surface area contributed by atoms with Gasteiger partial charge in [0.05, 0.1) is 4.34 Å². The zero-order valence-electron chi connectivity index (χ0n) is 9.54. The summed E-state index contributed by atoms with van der Waals surface area (Å²) >= 11 is 7.29. The van der Waals surface area contributed by atoms with Crippen LogP contribution in [0.15, 0.2) is 12.1 Å². The molecule has 90 valence electrons. The minimum absolute atomic E-state index is 0.294. The number of Topliss-reactive ketones (excluding diaryl/α,β-unsaturated/α-hetero) is 1. The molecule has 1 aromatic rings. The zero-order chi connectivity index (χ0) is 12.0. The Morgan fingerprint density at radius 1 is 1.50 bits per heavy atom. The summed E-state index contributed by atoms with van der Waals surface area (Å²) in [6, 6.07) is 3.76. The minimum atomic E-state index is 0.294. The smallest absolute Gasteiger partial charge is 0.138 e. The molecule has 0 saturated heterocycles. The summed E-state index contributed by atoms with van der Waals surface area (Å²) in [5, 5.41) is 0.